The number of piperazine rings is 1. The number of nitrogens with zero attached hydrogens (tertiary/aromatic N) is 3. The molecular formula is C22H33N5O2. The number of piperidine rings is 2. The summed E-state index contributed by atoms with van der Waals surface area (Å²) in [6.07, 6.45) is 4.78. The number of hydrogen-bond donors (Lipinski definition) is 2. The third-order valence-corrected chi connectivity index (χ3v) is 6.77. The number of nitrogens with two attached hydrogens (primary N) is 1. The summed E-state index contributed by atoms with van der Waals surface area (Å²) in [5, 5.41) is 4.39. The quantitative estimate of drug-likeness (QED) is 0.574. The van der Waals surface area contributed by atoms with Crippen LogP contribution in [0.2, 0.25) is 0 Å². The molecule has 4 rings (SSSR count). The van der Waals surface area contributed by atoms with Crippen LogP contribution in [0.15, 0.2) is 24.3 Å². The Morgan fingerprint density at radius 3 is 2.28 bits per heavy atom. The van der Waals surface area contributed by atoms with Gasteiger partial charge in [-0.15, -0.1) is 0 Å². The van der Waals surface area contributed by atoms with E-state index in [4.69, 9.17) is 5.84 Å². The molecule has 1 unspecified atom stereocenters. The lowest BCUT2D eigenvalue weighted by atomic mass is 9.90. The second-order valence-corrected chi connectivity index (χ2v) is 8.69. The molecule has 0 radical (unpaired) electrons. The summed E-state index contributed by atoms with van der Waals surface area (Å²) in [5.74, 6) is 6.15. The zero-order chi connectivity index (χ0) is 20.2. The molecule has 3 fully saturated rings. The standard InChI is InChI=1S/C22H33N5O2/c23-27-11-8-17(9-12-27)7-10-25-13-15-26(16-14-25)19-3-1-18(2-4-19)20-5-6-21(28)24-22(20)29/h1-4,17,20H,5-16,23H2,(H,24,28,29). The molecule has 158 valence electrons. The van der Waals surface area contributed by atoms with Crippen molar-refractivity contribution in [3.8, 4) is 0 Å². The molecule has 1 aromatic rings. The summed E-state index contributed by atoms with van der Waals surface area (Å²) in [6, 6.07) is 8.34. The molecule has 7 nitrogen and oxygen atoms in total. The van der Waals surface area contributed by atoms with E-state index >= 15 is 0 Å². The largest absolute Gasteiger partial charge is 0.369 e. The van der Waals surface area contributed by atoms with E-state index in [9.17, 15) is 9.59 Å². The molecule has 29 heavy (non-hydrogen) atoms. The highest BCUT2D eigenvalue weighted by Gasteiger charge is 2.28. The van der Waals surface area contributed by atoms with E-state index in [2.05, 4.69) is 27.2 Å². The molecule has 1 atom stereocenters. The van der Waals surface area contributed by atoms with Gasteiger partial charge in [0.15, 0.2) is 0 Å². The van der Waals surface area contributed by atoms with E-state index in [0.717, 1.165) is 50.7 Å². The van der Waals surface area contributed by atoms with Gasteiger partial charge in [0.05, 0.1) is 5.92 Å². The molecule has 3 aliphatic rings. The van der Waals surface area contributed by atoms with Gasteiger partial charge in [-0.2, -0.15) is 0 Å². The first-order valence-corrected chi connectivity index (χ1v) is 11.0. The van der Waals surface area contributed by atoms with Crippen LogP contribution in [0.5, 0.6) is 0 Å². The molecule has 3 N–H and O–H groups in total. The van der Waals surface area contributed by atoms with E-state index in [0.29, 0.717) is 12.8 Å². The number of hydrogen-bond acceptors (Lipinski definition) is 6. The van der Waals surface area contributed by atoms with Gasteiger partial charge in [0, 0.05) is 51.4 Å². The highest BCUT2D eigenvalue weighted by molar-refractivity contribution is 6.00. The van der Waals surface area contributed by atoms with E-state index in [1.807, 2.05) is 17.1 Å². The number of rotatable bonds is 5. The minimum absolute atomic E-state index is 0.161. The molecule has 2 amide bonds. The first kappa shape index (κ1) is 20.3. The van der Waals surface area contributed by atoms with Gasteiger partial charge >= 0.3 is 0 Å². The van der Waals surface area contributed by atoms with Gasteiger partial charge in [0.2, 0.25) is 11.8 Å². The molecule has 0 aromatic heterocycles. The van der Waals surface area contributed by atoms with Crippen LogP contribution in [-0.2, 0) is 9.59 Å². The fourth-order valence-electron chi connectivity index (χ4n) is 4.77. The van der Waals surface area contributed by atoms with Crippen molar-refractivity contribution in [2.45, 2.75) is 38.0 Å². The molecule has 0 saturated carbocycles. The van der Waals surface area contributed by atoms with Gasteiger partial charge in [-0.3, -0.25) is 25.6 Å². The number of nitrogens with one attached hydrogen (secondary N) is 1. The second kappa shape index (κ2) is 9.24. The highest BCUT2D eigenvalue weighted by Crippen LogP contribution is 2.27. The normalized spacial score (nSPS) is 25.3. The zero-order valence-electron chi connectivity index (χ0n) is 17.2. The SMILES string of the molecule is NN1CCC(CCN2CCN(c3ccc(C4CCC(=O)NC4=O)cc3)CC2)CC1. The predicted molar refractivity (Wildman–Crippen MR) is 113 cm³/mol. The number of amides is 2. The summed E-state index contributed by atoms with van der Waals surface area (Å²) in [7, 11) is 0. The Hall–Kier alpha value is -1.96. The van der Waals surface area contributed by atoms with Crippen molar-refractivity contribution in [2.24, 2.45) is 11.8 Å². The summed E-state index contributed by atoms with van der Waals surface area (Å²) < 4.78 is 0. The second-order valence-electron chi connectivity index (χ2n) is 8.69. The lowest BCUT2D eigenvalue weighted by Gasteiger charge is -2.37. The van der Waals surface area contributed by atoms with Crippen molar-refractivity contribution in [2.75, 3.05) is 50.7 Å². The summed E-state index contributed by atoms with van der Waals surface area (Å²) in [4.78, 5) is 28.4. The Bertz CT molecular complexity index is 706. The van der Waals surface area contributed by atoms with E-state index in [1.54, 1.807) is 0 Å². The Morgan fingerprint density at radius 1 is 0.931 bits per heavy atom. The summed E-state index contributed by atoms with van der Waals surface area (Å²) in [5.41, 5.74) is 2.22. The molecule has 3 saturated heterocycles. The van der Waals surface area contributed by atoms with Gasteiger partial charge in [-0.25, -0.2) is 5.01 Å². The average Bonchev–Trinajstić information content (AvgIpc) is 2.74. The molecule has 7 heteroatoms. The van der Waals surface area contributed by atoms with Crippen LogP contribution in [0.3, 0.4) is 0 Å². The highest BCUT2D eigenvalue weighted by atomic mass is 16.2. The van der Waals surface area contributed by atoms with Crippen molar-refractivity contribution >= 4 is 17.5 Å². The van der Waals surface area contributed by atoms with Gasteiger partial charge in [0.25, 0.3) is 0 Å². The van der Waals surface area contributed by atoms with Crippen molar-refractivity contribution in [3.05, 3.63) is 29.8 Å². The maximum atomic E-state index is 12.1. The first-order valence-electron chi connectivity index (χ1n) is 11.0. The fraction of sp³-hybridized carbons (Fsp3) is 0.636. The van der Waals surface area contributed by atoms with Gasteiger partial charge < -0.3 is 4.90 Å². The van der Waals surface area contributed by atoms with Crippen LogP contribution < -0.4 is 16.1 Å². The number of benzene rings is 1. The predicted octanol–water partition coefficient (Wildman–Crippen LogP) is 1.30. The van der Waals surface area contributed by atoms with Crippen molar-refractivity contribution in [1.82, 2.24) is 15.2 Å². The number of anilines is 1. The Balaban J connectivity index is 1.23. The Morgan fingerprint density at radius 2 is 1.62 bits per heavy atom. The van der Waals surface area contributed by atoms with Crippen LogP contribution in [0, 0.1) is 5.92 Å². The van der Waals surface area contributed by atoms with Crippen LogP contribution in [0.4, 0.5) is 5.69 Å². The number of carbonyl (C=O) groups excluding carboxylic acids is 2. The molecule has 0 spiro atoms. The Kier molecular flexibility index (Phi) is 6.47. The lowest BCUT2D eigenvalue weighted by molar-refractivity contribution is -0.134. The van der Waals surface area contributed by atoms with E-state index in [1.165, 1.54) is 31.5 Å². The van der Waals surface area contributed by atoms with Crippen molar-refractivity contribution in [1.29, 1.82) is 0 Å². The summed E-state index contributed by atoms with van der Waals surface area (Å²) in [6.45, 7) is 7.55. The molecule has 3 heterocycles. The first-order chi connectivity index (χ1) is 14.1. The minimum Gasteiger partial charge on any atom is -0.369 e. The number of hydrazine groups is 1. The summed E-state index contributed by atoms with van der Waals surface area (Å²) >= 11 is 0. The van der Waals surface area contributed by atoms with Gasteiger partial charge in [-0.05, 0) is 55.8 Å². The molecule has 0 bridgehead atoms. The number of carbonyl (C=O) groups is 2. The average molecular weight is 400 g/mol. The molecule has 0 aliphatic carbocycles. The van der Waals surface area contributed by atoms with Gasteiger partial charge in [0.1, 0.15) is 0 Å². The van der Waals surface area contributed by atoms with Crippen LogP contribution >= 0.6 is 0 Å². The molecular weight excluding hydrogens is 366 g/mol. The van der Waals surface area contributed by atoms with Crippen LogP contribution in [0.25, 0.3) is 0 Å². The smallest absolute Gasteiger partial charge is 0.234 e. The fourth-order valence-corrected chi connectivity index (χ4v) is 4.77. The minimum atomic E-state index is -0.204. The zero-order valence-corrected chi connectivity index (χ0v) is 17.2. The van der Waals surface area contributed by atoms with Crippen molar-refractivity contribution in [3.63, 3.8) is 0 Å². The third-order valence-electron chi connectivity index (χ3n) is 6.77. The molecule has 1 aromatic carbocycles. The van der Waals surface area contributed by atoms with Gasteiger partial charge in [-0.1, -0.05) is 12.1 Å². The maximum absolute atomic E-state index is 12.1. The number of imide groups is 1. The topological polar surface area (TPSA) is 81.9 Å². The maximum Gasteiger partial charge on any atom is 0.234 e. The van der Waals surface area contributed by atoms with E-state index in [-0.39, 0.29) is 17.7 Å². The van der Waals surface area contributed by atoms with Crippen LogP contribution in [-0.4, -0.2) is 67.5 Å². The van der Waals surface area contributed by atoms with Crippen LogP contribution in [0.1, 0.15) is 43.6 Å². The Labute approximate surface area is 173 Å². The van der Waals surface area contributed by atoms with E-state index < -0.39 is 0 Å². The third kappa shape index (κ3) is 5.15. The van der Waals surface area contributed by atoms with Crippen molar-refractivity contribution < 1.29 is 9.59 Å². The lowest BCUT2D eigenvalue weighted by Crippen LogP contribution is -2.47. The molecule has 3 aliphatic heterocycles. The monoisotopic (exact) mass is 399 g/mol.